The highest BCUT2D eigenvalue weighted by molar-refractivity contribution is 14.1. The zero-order valence-electron chi connectivity index (χ0n) is 38.4. The second-order valence-electron chi connectivity index (χ2n) is 19.7. The monoisotopic (exact) mass is 1020 g/mol. The third-order valence-corrected chi connectivity index (χ3v) is 16.7. The Hall–Kier alpha value is -5.01. The van der Waals surface area contributed by atoms with E-state index in [9.17, 15) is 4.79 Å². The normalized spacial score (nSPS) is 24.0. The van der Waals surface area contributed by atoms with Crippen molar-refractivity contribution in [3.63, 3.8) is 0 Å². The summed E-state index contributed by atoms with van der Waals surface area (Å²) < 4.78 is 14.3. The summed E-state index contributed by atoms with van der Waals surface area (Å²) in [6.45, 7) is 6.46. The van der Waals surface area contributed by atoms with Gasteiger partial charge >= 0.3 is 6.09 Å². The fourth-order valence-corrected chi connectivity index (χ4v) is 12.7. The number of fused-ring (bicyclic) bond motifs is 3. The van der Waals surface area contributed by atoms with Gasteiger partial charge in [-0.3, -0.25) is 9.98 Å². The molecule has 5 fully saturated rings. The molecule has 5 aromatic rings. The molecule has 2 spiro atoms. The number of carbonyl (C=O) groups is 1. The Kier molecular flexibility index (Phi) is 12.7. The maximum atomic E-state index is 12.6. The van der Waals surface area contributed by atoms with E-state index in [2.05, 4.69) is 53.7 Å². The Balaban J connectivity index is 0.000000151. The zero-order chi connectivity index (χ0) is 45.4. The number of hydrogen-bond acceptors (Lipinski definition) is 14. The summed E-state index contributed by atoms with van der Waals surface area (Å²) in [6.07, 6.45) is 22.0. The standard InChI is InChI=1S/C27H33IN6O3.C23H29N7/c28-24-23-25(34(32-24)22-10-4-5-16-36-22)31-21(17-29-23)33-14-12-27(13-15-33)11-6-9-20(27)30-26(35)37-18-19-7-2-1-3-8-19;24-19-6-1-7-23(19)8-12-29(13-9-23)20-15-26-21-17(28-20)14-27-22(21)30-11-3-4-16-18(30)5-2-10-25-16/h1-3,7-8,17,20,22H,4-6,9-16,18H2,(H,30,35);2,5,10,15,19H,1,3-4,6-9,11-14,24H2. The number of aryl methyl sites for hydroxylation is 1. The maximum absolute atomic E-state index is 12.6. The summed E-state index contributed by atoms with van der Waals surface area (Å²) in [5.74, 6) is 2.83. The molecule has 16 nitrogen and oxygen atoms in total. The molecule has 352 valence electrons. The quantitative estimate of drug-likeness (QED) is 0.157. The van der Waals surface area contributed by atoms with E-state index in [1.54, 1.807) is 0 Å². The number of amidine groups is 1. The number of pyridine rings is 1. The van der Waals surface area contributed by atoms with Crippen LogP contribution in [0.3, 0.4) is 0 Å². The van der Waals surface area contributed by atoms with Crippen LogP contribution >= 0.6 is 22.6 Å². The van der Waals surface area contributed by atoms with Crippen LogP contribution in [0, 0.1) is 14.5 Å². The van der Waals surface area contributed by atoms with Crippen molar-refractivity contribution in [2.75, 3.05) is 54.0 Å². The van der Waals surface area contributed by atoms with Gasteiger partial charge in [0, 0.05) is 57.6 Å². The van der Waals surface area contributed by atoms with Gasteiger partial charge in [0.2, 0.25) is 0 Å². The van der Waals surface area contributed by atoms with E-state index in [4.69, 9.17) is 45.2 Å². The van der Waals surface area contributed by atoms with Gasteiger partial charge in [-0.15, -0.1) is 0 Å². The molecule has 1 amide bonds. The van der Waals surface area contributed by atoms with Crippen LogP contribution in [0.2, 0.25) is 0 Å². The van der Waals surface area contributed by atoms with Crippen LogP contribution in [-0.2, 0) is 29.0 Å². The Labute approximate surface area is 406 Å². The number of piperidine rings is 2. The van der Waals surface area contributed by atoms with Crippen molar-refractivity contribution in [2.24, 2.45) is 21.6 Å². The van der Waals surface area contributed by atoms with E-state index >= 15 is 0 Å². The Morgan fingerprint density at radius 2 is 1.57 bits per heavy atom. The molecule has 5 aliphatic heterocycles. The summed E-state index contributed by atoms with van der Waals surface area (Å²) >= 11 is 2.23. The molecule has 3 unspecified atom stereocenters. The van der Waals surface area contributed by atoms with Crippen molar-refractivity contribution in [1.29, 1.82) is 0 Å². The van der Waals surface area contributed by atoms with Crippen LogP contribution in [0.1, 0.15) is 119 Å². The second-order valence-corrected chi connectivity index (χ2v) is 20.7. The number of aliphatic imine (C=N–C) groups is 1. The molecule has 2 aliphatic carbocycles. The Morgan fingerprint density at radius 1 is 0.806 bits per heavy atom. The van der Waals surface area contributed by atoms with Crippen molar-refractivity contribution < 1.29 is 14.3 Å². The van der Waals surface area contributed by atoms with Gasteiger partial charge in [0.05, 0.1) is 36.0 Å². The van der Waals surface area contributed by atoms with Crippen molar-refractivity contribution in [3.8, 4) is 0 Å². The third-order valence-electron chi connectivity index (χ3n) is 16.0. The van der Waals surface area contributed by atoms with E-state index < -0.39 is 0 Å². The van der Waals surface area contributed by atoms with Crippen LogP contribution in [0.4, 0.5) is 22.1 Å². The maximum Gasteiger partial charge on any atom is 0.407 e. The predicted octanol–water partition coefficient (Wildman–Crippen LogP) is 7.88. The van der Waals surface area contributed by atoms with Crippen molar-refractivity contribution in [1.82, 2.24) is 40.0 Å². The number of carbonyl (C=O) groups excluding carboxylic acids is 1. The highest BCUT2D eigenvalue weighted by atomic mass is 127. The first-order chi connectivity index (χ1) is 32.8. The van der Waals surface area contributed by atoms with Gasteiger partial charge in [0.15, 0.2) is 21.4 Å². The summed E-state index contributed by atoms with van der Waals surface area (Å²) in [6, 6.07) is 14.5. The number of aromatic nitrogens is 7. The lowest BCUT2D eigenvalue weighted by atomic mass is 9.74. The molecule has 1 aromatic carbocycles. The summed E-state index contributed by atoms with van der Waals surface area (Å²) in [7, 11) is 0. The second kappa shape index (κ2) is 19.2. The van der Waals surface area contributed by atoms with E-state index in [0.717, 1.165) is 164 Å². The minimum Gasteiger partial charge on any atom is -0.445 e. The fourth-order valence-electron chi connectivity index (χ4n) is 12.1. The topological polar surface area (TPSA) is 178 Å². The fraction of sp³-hybridized carbons (Fsp3) is 0.560. The molecule has 17 heteroatoms. The van der Waals surface area contributed by atoms with Crippen LogP contribution in [0.15, 0.2) is 66.0 Å². The molecule has 2 saturated carbocycles. The van der Waals surface area contributed by atoms with Gasteiger partial charge in [0.25, 0.3) is 0 Å². The van der Waals surface area contributed by atoms with E-state index in [1.165, 1.54) is 32.1 Å². The number of amides is 1. The summed E-state index contributed by atoms with van der Waals surface area (Å²) in [5.41, 5.74) is 13.8. The Bertz CT molecular complexity index is 2590. The average molecular weight is 1020 g/mol. The number of nitrogens with one attached hydrogen (secondary N) is 1. The van der Waals surface area contributed by atoms with Crippen LogP contribution < -0.4 is 25.8 Å². The van der Waals surface area contributed by atoms with Gasteiger partial charge in [-0.25, -0.2) is 29.4 Å². The number of alkyl carbamates (subject to hydrolysis) is 1. The first-order valence-corrected chi connectivity index (χ1v) is 25.8. The number of nitrogens with two attached hydrogens (primary N) is 1. The van der Waals surface area contributed by atoms with Crippen LogP contribution in [0.5, 0.6) is 0 Å². The van der Waals surface area contributed by atoms with Gasteiger partial charge in [-0.1, -0.05) is 43.2 Å². The molecule has 0 radical (unpaired) electrons. The van der Waals surface area contributed by atoms with Gasteiger partial charge in [-0.2, -0.15) is 5.10 Å². The lowest BCUT2D eigenvalue weighted by molar-refractivity contribution is -0.0372. The molecule has 3 atom stereocenters. The predicted molar refractivity (Wildman–Crippen MR) is 266 cm³/mol. The van der Waals surface area contributed by atoms with Crippen LogP contribution in [0.25, 0.3) is 11.2 Å². The summed E-state index contributed by atoms with van der Waals surface area (Å²) in [5, 5.41) is 7.91. The molecule has 4 aromatic heterocycles. The van der Waals surface area contributed by atoms with Crippen LogP contribution in [-0.4, -0.2) is 98.0 Å². The van der Waals surface area contributed by atoms with E-state index in [1.807, 2.05) is 59.7 Å². The number of benzene rings is 1. The Morgan fingerprint density at radius 3 is 2.34 bits per heavy atom. The highest BCUT2D eigenvalue weighted by Crippen LogP contribution is 2.48. The molecule has 7 aliphatic rings. The molecule has 3 saturated heterocycles. The lowest BCUT2D eigenvalue weighted by Crippen LogP contribution is -2.50. The summed E-state index contributed by atoms with van der Waals surface area (Å²) in [4.78, 5) is 48.6. The SMILES string of the molecule is NC1CCCC12CCN(c1cnc3c(n1)CN=C3N1CCCc3ncccc31)CC2.O=C(NC1CCCC12CCN(c1cnc3c(I)nn(C4CCCCO4)c3n1)CC2)OCc1ccccc1. The number of anilines is 3. The molecule has 0 bridgehead atoms. The minimum atomic E-state index is -0.318. The first kappa shape index (κ1) is 44.5. The van der Waals surface area contributed by atoms with Crippen molar-refractivity contribution in [2.45, 2.75) is 128 Å². The number of halogens is 1. The van der Waals surface area contributed by atoms with Gasteiger partial charge in [-0.05, 0) is 135 Å². The number of rotatable bonds is 6. The molecular formula is C50H62IN13O3. The number of hydrogen-bond donors (Lipinski definition) is 2. The lowest BCUT2D eigenvalue weighted by Gasteiger charge is -2.43. The van der Waals surface area contributed by atoms with Gasteiger partial charge in [0.1, 0.15) is 29.5 Å². The van der Waals surface area contributed by atoms with E-state index in [-0.39, 0.29) is 23.8 Å². The molecule has 12 rings (SSSR count). The third kappa shape index (κ3) is 8.95. The first-order valence-electron chi connectivity index (χ1n) is 24.7. The smallest absolute Gasteiger partial charge is 0.407 e. The van der Waals surface area contributed by atoms with Gasteiger partial charge < -0.3 is 35.2 Å². The zero-order valence-corrected chi connectivity index (χ0v) is 40.5. The highest BCUT2D eigenvalue weighted by Gasteiger charge is 2.46. The van der Waals surface area contributed by atoms with Crippen molar-refractivity contribution >= 4 is 63.0 Å². The van der Waals surface area contributed by atoms with E-state index in [0.29, 0.717) is 24.6 Å². The molecule has 67 heavy (non-hydrogen) atoms. The number of ether oxygens (including phenoxy) is 2. The largest absolute Gasteiger partial charge is 0.445 e. The molecule has 9 heterocycles. The molecular weight excluding hydrogens is 958 g/mol. The molecule has 3 N–H and O–H groups in total. The minimum absolute atomic E-state index is 0.0686. The number of nitrogens with zero attached hydrogens (tertiary/aromatic N) is 11. The van der Waals surface area contributed by atoms with Crippen molar-refractivity contribution in [3.05, 3.63) is 87.4 Å². The average Bonchev–Trinajstić information content (AvgIpc) is 4.16.